The molecule has 3 heterocycles. The van der Waals surface area contributed by atoms with E-state index in [9.17, 15) is 19.2 Å². The van der Waals surface area contributed by atoms with E-state index in [-0.39, 0.29) is 31.9 Å². The van der Waals surface area contributed by atoms with Crippen molar-refractivity contribution in [1.82, 2.24) is 9.13 Å². The smallest absolute Gasteiger partial charge is 0.268 e. The predicted molar refractivity (Wildman–Crippen MR) is 187 cm³/mol. The Bertz CT molecular complexity index is 2390. The fraction of sp³-hybridized carbons (Fsp3) is 0.0811. The molecule has 0 bridgehead atoms. The highest BCUT2D eigenvalue weighted by molar-refractivity contribution is 7.36. The van der Waals surface area contributed by atoms with E-state index in [0.29, 0.717) is 0 Å². The Kier molecular flexibility index (Phi) is 7.45. The maximum absolute atomic E-state index is 12.9. The van der Waals surface area contributed by atoms with Gasteiger partial charge in [-0.05, 0) is 51.7 Å². The zero-order chi connectivity index (χ0) is 31.1. The minimum absolute atomic E-state index is 0.152. The number of benzene rings is 5. The number of hydrogen-bond donors (Lipinski definition) is 0. The molecule has 0 radical (unpaired) electrons. The Morgan fingerprint density at radius 2 is 0.822 bits per heavy atom. The van der Waals surface area contributed by atoms with Gasteiger partial charge in [0.15, 0.2) is 0 Å². The number of rotatable bonds is 4. The Hall–Kier alpha value is -5.18. The van der Waals surface area contributed by atoms with Crippen LogP contribution >= 0.6 is 22.7 Å². The number of aromatic nitrogens is 2. The summed E-state index contributed by atoms with van der Waals surface area (Å²) in [5, 5.41) is 5.28. The summed E-state index contributed by atoms with van der Waals surface area (Å²) in [5.74, 6) is 0. The summed E-state index contributed by atoms with van der Waals surface area (Å²) in [6.45, 7) is 2.44. The lowest BCUT2D eigenvalue weighted by Gasteiger charge is -2.02. The first-order chi connectivity index (χ1) is 21.9. The standard InChI is InChI=1S/C22H14N2O4S2.C15H12/c25-19-15-16(20(26)23(19)11-13-7-3-1-4-8-13)30-18-17(29-15)21(27)24(22(18)28)12-14-9-5-2-6-10-14;1-11-6-7-14-9-12-4-2-3-5-13(12)10-15(14)8-11/h1-10H,11-12H2;2-10H,1H3. The van der Waals surface area contributed by atoms with Gasteiger partial charge in [-0.3, -0.25) is 28.3 Å². The quantitative estimate of drug-likeness (QED) is 0.197. The molecule has 0 aliphatic heterocycles. The van der Waals surface area contributed by atoms with E-state index in [0.717, 1.165) is 33.8 Å². The van der Waals surface area contributed by atoms with E-state index < -0.39 is 22.2 Å². The molecule has 8 rings (SSSR count). The number of nitrogens with zero attached hydrogens (tertiary/aromatic N) is 2. The first-order valence-corrected chi connectivity index (χ1v) is 16.0. The van der Waals surface area contributed by atoms with Gasteiger partial charge in [0.25, 0.3) is 22.2 Å². The molecular weight excluding hydrogens is 601 g/mol. The van der Waals surface area contributed by atoms with E-state index in [1.54, 1.807) is 0 Å². The molecule has 0 aliphatic carbocycles. The van der Waals surface area contributed by atoms with Gasteiger partial charge in [-0.2, -0.15) is 0 Å². The Morgan fingerprint density at radius 3 is 1.27 bits per heavy atom. The lowest BCUT2D eigenvalue weighted by atomic mass is 10.0. The van der Waals surface area contributed by atoms with Crippen molar-refractivity contribution in [2.45, 2.75) is 20.0 Å². The Morgan fingerprint density at radius 1 is 0.444 bits per heavy atom. The predicted octanol–water partition coefficient (Wildman–Crippen LogP) is 7.00. The van der Waals surface area contributed by atoms with Gasteiger partial charge < -0.3 is 0 Å². The molecule has 220 valence electrons. The van der Waals surface area contributed by atoms with Crippen LogP contribution < -0.4 is 22.2 Å². The molecule has 0 fully saturated rings. The lowest BCUT2D eigenvalue weighted by Crippen LogP contribution is -2.26. The molecule has 6 nitrogen and oxygen atoms in total. The molecule has 0 unspecified atom stereocenters. The number of hydrogen-bond acceptors (Lipinski definition) is 6. The average Bonchev–Trinajstić information content (AvgIpc) is 3.43. The topological polar surface area (TPSA) is 78.1 Å². The monoisotopic (exact) mass is 626 g/mol. The number of fused-ring (bicyclic) bond motifs is 4. The summed E-state index contributed by atoms with van der Waals surface area (Å²) in [7, 11) is 0. The van der Waals surface area contributed by atoms with Crippen LogP contribution in [0.4, 0.5) is 0 Å². The van der Waals surface area contributed by atoms with Crippen LogP contribution in [0.5, 0.6) is 0 Å². The molecule has 0 spiro atoms. The number of aryl methyl sites for hydroxylation is 1. The van der Waals surface area contributed by atoms with Crippen LogP contribution in [-0.2, 0) is 13.1 Å². The van der Waals surface area contributed by atoms with Crippen LogP contribution in [0.3, 0.4) is 0 Å². The highest BCUT2D eigenvalue weighted by Gasteiger charge is 2.21. The fourth-order valence-electron chi connectivity index (χ4n) is 5.51. The molecule has 8 aromatic rings. The maximum Gasteiger partial charge on any atom is 0.272 e. The lowest BCUT2D eigenvalue weighted by molar-refractivity contribution is 0.755. The summed E-state index contributed by atoms with van der Waals surface area (Å²) in [5.41, 5.74) is 1.27. The van der Waals surface area contributed by atoms with Gasteiger partial charge in [-0.15, -0.1) is 22.7 Å². The van der Waals surface area contributed by atoms with Crippen molar-refractivity contribution < 1.29 is 0 Å². The third-order valence-corrected chi connectivity index (χ3v) is 10.4. The second-order valence-corrected chi connectivity index (χ2v) is 13.0. The molecule has 0 amide bonds. The van der Waals surface area contributed by atoms with Crippen LogP contribution in [0.25, 0.3) is 40.3 Å². The van der Waals surface area contributed by atoms with Crippen LogP contribution in [0, 0.1) is 6.92 Å². The van der Waals surface area contributed by atoms with Crippen molar-refractivity contribution in [3.63, 3.8) is 0 Å². The minimum atomic E-state index is -0.426. The minimum Gasteiger partial charge on any atom is -0.268 e. The molecule has 3 aromatic heterocycles. The first-order valence-electron chi connectivity index (χ1n) is 14.4. The summed E-state index contributed by atoms with van der Waals surface area (Å²) < 4.78 is 3.23. The zero-order valence-corrected chi connectivity index (χ0v) is 25.9. The van der Waals surface area contributed by atoms with Crippen molar-refractivity contribution in [2.75, 3.05) is 0 Å². The van der Waals surface area contributed by atoms with Gasteiger partial charge in [0.05, 0.1) is 13.1 Å². The molecule has 0 saturated heterocycles. The SMILES string of the molecule is Cc1ccc2cc3ccccc3cc2c1.O=c1c2sc3c(=O)n(Cc4ccccc4)c(=O)c3sc2c(=O)n1Cc1ccccc1. The molecular formula is C37H26N2O4S2. The highest BCUT2D eigenvalue weighted by atomic mass is 32.1. The molecule has 0 N–H and O–H groups in total. The van der Waals surface area contributed by atoms with E-state index >= 15 is 0 Å². The van der Waals surface area contributed by atoms with E-state index in [1.165, 1.54) is 36.2 Å². The van der Waals surface area contributed by atoms with Gasteiger partial charge in [-0.1, -0.05) is 109 Å². The summed E-state index contributed by atoms with van der Waals surface area (Å²) in [6.07, 6.45) is 0. The Balaban J connectivity index is 0.000000181. The second kappa shape index (κ2) is 11.7. The zero-order valence-electron chi connectivity index (χ0n) is 24.2. The van der Waals surface area contributed by atoms with E-state index in [2.05, 4.69) is 61.5 Å². The van der Waals surface area contributed by atoms with Crippen LogP contribution in [0.15, 0.2) is 134 Å². The second-order valence-electron chi connectivity index (χ2n) is 10.9. The summed E-state index contributed by atoms with van der Waals surface area (Å²) in [6, 6.07) is 38.0. The van der Waals surface area contributed by atoms with E-state index in [4.69, 9.17) is 0 Å². The normalized spacial score (nSPS) is 11.3. The molecule has 8 heteroatoms. The van der Waals surface area contributed by atoms with Gasteiger partial charge in [0.2, 0.25) is 0 Å². The highest BCUT2D eigenvalue weighted by Crippen LogP contribution is 2.26. The van der Waals surface area contributed by atoms with Gasteiger partial charge in [-0.25, -0.2) is 0 Å². The van der Waals surface area contributed by atoms with Crippen LogP contribution in [-0.4, -0.2) is 9.13 Å². The third-order valence-electron chi connectivity index (χ3n) is 7.81. The van der Waals surface area contributed by atoms with Crippen molar-refractivity contribution >= 4 is 63.0 Å². The van der Waals surface area contributed by atoms with Gasteiger partial charge in [0, 0.05) is 0 Å². The first kappa shape index (κ1) is 28.6. The Labute approximate surface area is 264 Å². The fourth-order valence-corrected chi connectivity index (χ4v) is 7.92. The molecule has 0 saturated carbocycles. The van der Waals surface area contributed by atoms with Crippen molar-refractivity contribution in [3.05, 3.63) is 173 Å². The molecule has 45 heavy (non-hydrogen) atoms. The molecule has 0 aliphatic rings. The van der Waals surface area contributed by atoms with Crippen molar-refractivity contribution in [2.24, 2.45) is 0 Å². The average molecular weight is 627 g/mol. The van der Waals surface area contributed by atoms with Gasteiger partial charge >= 0.3 is 0 Å². The largest absolute Gasteiger partial charge is 0.272 e. The van der Waals surface area contributed by atoms with Gasteiger partial charge in [0.1, 0.15) is 18.8 Å². The van der Waals surface area contributed by atoms with Crippen LogP contribution in [0.2, 0.25) is 0 Å². The summed E-state index contributed by atoms with van der Waals surface area (Å²) in [4.78, 5) is 51.5. The maximum atomic E-state index is 12.9. The summed E-state index contributed by atoms with van der Waals surface area (Å²) >= 11 is 1.88. The molecule has 5 aromatic carbocycles. The van der Waals surface area contributed by atoms with Crippen molar-refractivity contribution in [1.29, 1.82) is 0 Å². The van der Waals surface area contributed by atoms with Crippen LogP contribution in [0.1, 0.15) is 16.7 Å². The van der Waals surface area contributed by atoms with E-state index in [1.807, 2.05) is 60.7 Å². The van der Waals surface area contributed by atoms with Crippen molar-refractivity contribution in [3.8, 4) is 0 Å². The third kappa shape index (κ3) is 5.39. The molecule has 0 atom stereocenters.